The molecule has 136 valence electrons. The van der Waals surface area contributed by atoms with E-state index >= 15 is 0 Å². The number of carbonyl (C=O) groups excluding carboxylic acids is 2. The molecule has 3 aromatic carbocycles. The first-order valence-corrected chi connectivity index (χ1v) is 8.82. The Labute approximate surface area is 158 Å². The van der Waals surface area contributed by atoms with Crippen LogP contribution in [0.5, 0.6) is 5.75 Å². The monoisotopic (exact) mass is 360 g/mol. The molecule has 0 bridgehead atoms. The fourth-order valence-corrected chi connectivity index (χ4v) is 2.53. The fraction of sp³-hybridized carbons (Fsp3) is 0.130. The van der Waals surface area contributed by atoms with E-state index in [0.717, 1.165) is 17.5 Å². The Morgan fingerprint density at radius 1 is 0.704 bits per heavy atom. The summed E-state index contributed by atoms with van der Waals surface area (Å²) in [5, 5.41) is 0. The van der Waals surface area contributed by atoms with Crippen molar-refractivity contribution >= 4 is 11.9 Å². The summed E-state index contributed by atoms with van der Waals surface area (Å²) in [6.07, 6.45) is 0.768. The van der Waals surface area contributed by atoms with Gasteiger partial charge in [-0.25, -0.2) is 9.59 Å². The summed E-state index contributed by atoms with van der Waals surface area (Å²) in [5.41, 5.74) is 3.00. The van der Waals surface area contributed by atoms with Crippen LogP contribution in [0.25, 0.3) is 11.1 Å². The number of benzene rings is 3. The summed E-state index contributed by atoms with van der Waals surface area (Å²) in [5.74, 6) is -0.457. The first-order valence-electron chi connectivity index (χ1n) is 8.82. The maximum atomic E-state index is 12.3. The molecule has 0 aliphatic rings. The van der Waals surface area contributed by atoms with Crippen molar-refractivity contribution < 1.29 is 19.1 Å². The van der Waals surface area contributed by atoms with Crippen LogP contribution in [-0.2, 0) is 4.74 Å². The molecule has 3 rings (SSSR count). The van der Waals surface area contributed by atoms with Crippen molar-refractivity contribution in [3.05, 3.63) is 90.0 Å². The molecule has 27 heavy (non-hydrogen) atoms. The lowest BCUT2D eigenvalue weighted by Gasteiger charge is -2.07. The van der Waals surface area contributed by atoms with Gasteiger partial charge in [-0.15, -0.1) is 0 Å². The summed E-state index contributed by atoms with van der Waals surface area (Å²) in [6.45, 7) is 2.32. The maximum absolute atomic E-state index is 12.3. The summed E-state index contributed by atoms with van der Waals surface area (Å²) >= 11 is 0. The number of carbonyl (C=O) groups is 2. The minimum atomic E-state index is -0.448. The zero-order valence-corrected chi connectivity index (χ0v) is 15.1. The third kappa shape index (κ3) is 4.82. The van der Waals surface area contributed by atoms with Crippen molar-refractivity contribution in [3.63, 3.8) is 0 Å². The normalized spacial score (nSPS) is 10.3. The van der Waals surface area contributed by atoms with Crippen LogP contribution in [0.3, 0.4) is 0 Å². The van der Waals surface area contributed by atoms with E-state index in [1.807, 2.05) is 49.4 Å². The average molecular weight is 360 g/mol. The molecule has 0 saturated heterocycles. The van der Waals surface area contributed by atoms with Gasteiger partial charge in [-0.05, 0) is 53.9 Å². The predicted octanol–water partition coefficient (Wildman–Crippen LogP) is 5.14. The van der Waals surface area contributed by atoms with Gasteiger partial charge in [-0.3, -0.25) is 0 Å². The highest BCUT2D eigenvalue weighted by Crippen LogP contribution is 2.20. The molecule has 4 heteroatoms. The van der Waals surface area contributed by atoms with Crippen LogP contribution < -0.4 is 4.74 Å². The number of hydrogen-bond acceptors (Lipinski definition) is 4. The van der Waals surface area contributed by atoms with Gasteiger partial charge in [-0.1, -0.05) is 49.4 Å². The lowest BCUT2D eigenvalue weighted by Crippen LogP contribution is -2.09. The predicted molar refractivity (Wildman–Crippen MR) is 104 cm³/mol. The number of hydrogen-bond donors (Lipinski definition) is 0. The molecular weight excluding hydrogens is 340 g/mol. The van der Waals surface area contributed by atoms with Gasteiger partial charge in [0.05, 0.1) is 17.7 Å². The number of esters is 2. The second kappa shape index (κ2) is 8.81. The van der Waals surface area contributed by atoms with Crippen molar-refractivity contribution in [2.45, 2.75) is 13.3 Å². The Kier molecular flexibility index (Phi) is 6.00. The SMILES string of the molecule is CCCOC(=O)c1ccc(OC(=O)c2ccc(-c3ccccc3)cc2)cc1. The molecule has 0 unspecified atom stereocenters. The molecule has 0 amide bonds. The quantitative estimate of drug-likeness (QED) is 0.451. The molecule has 0 N–H and O–H groups in total. The molecule has 0 heterocycles. The molecule has 3 aromatic rings. The van der Waals surface area contributed by atoms with Crippen LogP contribution in [0.4, 0.5) is 0 Å². The van der Waals surface area contributed by atoms with Gasteiger partial charge in [-0.2, -0.15) is 0 Å². The van der Waals surface area contributed by atoms with E-state index in [9.17, 15) is 9.59 Å². The summed E-state index contributed by atoms with van der Waals surface area (Å²) in [7, 11) is 0. The molecule has 0 saturated carbocycles. The highest BCUT2D eigenvalue weighted by molar-refractivity contribution is 5.92. The Bertz CT molecular complexity index is 897. The van der Waals surface area contributed by atoms with Crippen molar-refractivity contribution in [1.29, 1.82) is 0 Å². The minimum absolute atomic E-state index is 0.374. The Balaban J connectivity index is 1.64. The van der Waals surface area contributed by atoms with Crippen LogP contribution in [0, 0.1) is 0 Å². The highest BCUT2D eigenvalue weighted by atomic mass is 16.5. The van der Waals surface area contributed by atoms with E-state index in [-0.39, 0.29) is 5.97 Å². The largest absolute Gasteiger partial charge is 0.462 e. The van der Waals surface area contributed by atoms with Crippen LogP contribution in [0.1, 0.15) is 34.1 Å². The first-order chi connectivity index (χ1) is 13.2. The Hall–Kier alpha value is -3.40. The van der Waals surface area contributed by atoms with Gasteiger partial charge < -0.3 is 9.47 Å². The zero-order valence-electron chi connectivity index (χ0n) is 15.1. The Morgan fingerprint density at radius 2 is 1.26 bits per heavy atom. The van der Waals surface area contributed by atoms with Crippen molar-refractivity contribution in [2.24, 2.45) is 0 Å². The third-order valence-corrected chi connectivity index (χ3v) is 3.97. The van der Waals surface area contributed by atoms with Crippen molar-refractivity contribution in [1.82, 2.24) is 0 Å². The second-order valence-corrected chi connectivity index (χ2v) is 5.99. The van der Waals surface area contributed by atoms with Gasteiger partial charge in [0, 0.05) is 0 Å². The van der Waals surface area contributed by atoms with Gasteiger partial charge in [0.25, 0.3) is 0 Å². The molecule has 0 fully saturated rings. The van der Waals surface area contributed by atoms with Crippen LogP contribution in [0.15, 0.2) is 78.9 Å². The lowest BCUT2D eigenvalue weighted by molar-refractivity contribution is 0.0505. The summed E-state index contributed by atoms with van der Waals surface area (Å²) in [6, 6.07) is 23.5. The van der Waals surface area contributed by atoms with Gasteiger partial charge in [0.1, 0.15) is 5.75 Å². The molecule has 0 spiro atoms. The molecule has 4 nitrogen and oxygen atoms in total. The summed E-state index contributed by atoms with van der Waals surface area (Å²) < 4.78 is 10.4. The first kappa shape index (κ1) is 18.4. The van der Waals surface area contributed by atoms with E-state index in [4.69, 9.17) is 9.47 Å². The molecule has 0 atom stereocenters. The van der Waals surface area contributed by atoms with E-state index < -0.39 is 5.97 Å². The molecule has 0 aliphatic carbocycles. The molecule has 0 aliphatic heterocycles. The molecule has 0 radical (unpaired) electrons. The van der Waals surface area contributed by atoms with Gasteiger partial charge in [0.2, 0.25) is 0 Å². The molecule has 0 aromatic heterocycles. The van der Waals surface area contributed by atoms with Crippen molar-refractivity contribution in [3.8, 4) is 16.9 Å². The van der Waals surface area contributed by atoms with E-state index in [0.29, 0.717) is 23.5 Å². The van der Waals surface area contributed by atoms with E-state index in [1.165, 1.54) is 0 Å². The van der Waals surface area contributed by atoms with E-state index in [1.54, 1.807) is 36.4 Å². The Morgan fingerprint density at radius 3 is 1.89 bits per heavy atom. The number of ether oxygens (including phenoxy) is 2. The van der Waals surface area contributed by atoms with Gasteiger partial charge in [0.15, 0.2) is 0 Å². The van der Waals surface area contributed by atoms with Crippen molar-refractivity contribution in [2.75, 3.05) is 6.61 Å². The van der Waals surface area contributed by atoms with Crippen LogP contribution in [0.2, 0.25) is 0 Å². The highest BCUT2D eigenvalue weighted by Gasteiger charge is 2.11. The maximum Gasteiger partial charge on any atom is 0.343 e. The van der Waals surface area contributed by atoms with Crippen LogP contribution in [-0.4, -0.2) is 18.5 Å². The minimum Gasteiger partial charge on any atom is -0.462 e. The fourth-order valence-electron chi connectivity index (χ4n) is 2.53. The zero-order chi connectivity index (χ0) is 19.1. The van der Waals surface area contributed by atoms with E-state index in [2.05, 4.69) is 0 Å². The second-order valence-electron chi connectivity index (χ2n) is 5.99. The standard InChI is InChI=1S/C23H20O4/c1-2-16-26-22(24)19-12-14-21(15-13-19)27-23(25)20-10-8-18(9-11-20)17-6-4-3-5-7-17/h3-15H,2,16H2,1H3. The smallest absolute Gasteiger partial charge is 0.343 e. The lowest BCUT2D eigenvalue weighted by atomic mass is 10.0. The topological polar surface area (TPSA) is 52.6 Å². The van der Waals surface area contributed by atoms with Crippen LogP contribution >= 0.6 is 0 Å². The van der Waals surface area contributed by atoms with Gasteiger partial charge >= 0.3 is 11.9 Å². The molecular formula is C23H20O4. The summed E-state index contributed by atoms with van der Waals surface area (Å²) in [4.78, 5) is 24.1. The number of rotatable bonds is 6. The average Bonchev–Trinajstić information content (AvgIpc) is 2.73. The third-order valence-electron chi connectivity index (χ3n) is 3.97.